The van der Waals surface area contributed by atoms with Gasteiger partial charge in [0.05, 0.1) is 25.2 Å². The van der Waals surface area contributed by atoms with Crippen molar-refractivity contribution in [2.24, 2.45) is 5.41 Å². The monoisotopic (exact) mass is 344 g/mol. The maximum atomic E-state index is 9.74. The highest BCUT2D eigenvalue weighted by molar-refractivity contribution is 5.64. The number of aromatic hydroxyl groups is 1. The Bertz CT molecular complexity index is 681. The first-order valence-corrected chi connectivity index (χ1v) is 8.33. The molecule has 3 rings (SSSR count). The Morgan fingerprint density at radius 1 is 0.920 bits per heavy atom. The summed E-state index contributed by atoms with van der Waals surface area (Å²) in [6.45, 7) is 4.76. The standard InChI is InChI=1S/C20H24O5/c1-19(2)24-13-20(11-21,14-25-19)12-23-18-9-5-16(6-10-18)15-3-7-17(22)8-4-15/h3-10,21-22H,11-14H2,1-2H3. The number of ether oxygens (including phenoxy) is 3. The molecule has 2 aromatic rings. The van der Waals surface area contributed by atoms with Gasteiger partial charge in [0, 0.05) is 0 Å². The molecule has 0 radical (unpaired) electrons. The summed E-state index contributed by atoms with van der Waals surface area (Å²) >= 11 is 0. The van der Waals surface area contributed by atoms with E-state index in [2.05, 4.69) is 0 Å². The molecule has 1 fully saturated rings. The molecule has 5 heteroatoms. The third-order valence-electron chi connectivity index (χ3n) is 4.39. The molecule has 0 atom stereocenters. The second-order valence-corrected chi connectivity index (χ2v) is 7.00. The first kappa shape index (κ1) is 17.7. The van der Waals surface area contributed by atoms with E-state index < -0.39 is 11.2 Å². The number of benzene rings is 2. The van der Waals surface area contributed by atoms with Crippen molar-refractivity contribution in [1.29, 1.82) is 0 Å². The molecule has 1 aliphatic heterocycles. The minimum absolute atomic E-state index is 0.0608. The average Bonchev–Trinajstić information content (AvgIpc) is 2.63. The van der Waals surface area contributed by atoms with Gasteiger partial charge in [0.25, 0.3) is 0 Å². The number of hydrogen-bond donors (Lipinski definition) is 2. The van der Waals surface area contributed by atoms with E-state index in [1.165, 1.54) is 0 Å². The van der Waals surface area contributed by atoms with Crippen molar-refractivity contribution in [2.45, 2.75) is 19.6 Å². The summed E-state index contributed by atoms with van der Waals surface area (Å²) in [7, 11) is 0. The van der Waals surface area contributed by atoms with Crippen LogP contribution in [0.5, 0.6) is 11.5 Å². The molecule has 0 amide bonds. The van der Waals surface area contributed by atoms with E-state index in [0.717, 1.165) is 16.9 Å². The molecule has 25 heavy (non-hydrogen) atoms. The number of aliphatic hydroxyl groups is 1. The van der Waals surface area contributed by atoms with Gasteiger partial charge in [-0.05, 0) is 49.2 Å². The van der Waals surface area contributed by atoms with Crippen molar-refractivity contribution in [1.82, 2.24) is 0 Å². The van der Waals surface area contributed by atoms with Gasteiger partial charge in [-0.15, -0.1) is 0 Å². The van der Waals surface area contributed by atoms with E-state index in [1.54, 1.807) is 12.1 Å². The van der Waals surface area contributed by atoms with Gasteiger partial charge in [0.1, 0.15) is 18.1 Å². The van der Waals surface area contributed by atoms with E-state index in [9.17, 15) is 10.2 Å². The maximum Gasteiger partial charge on any atom is 0.162 e. The predicted molar refractivity (Wildman–Crippen MR) is 94.5 cm³/mol. The minimum atomic E-state index is -0.621. The topological polar surface area (TPSA) is 68.2 Å². The second kappa shape index (κ2) is 7.04. The zero-order valence-electron chi connectivity index (χ0n) is 14.6. The molecule has 1 aliphatic rings. The lowest BCUT2D eigenvalue weighted by molar-refractivity contribution is -0.293. The Balaban J connectivity index is 1.62. The van der Waals surface area contributed by atoms with E-state index in [4.69, 9.17) is 14.2 Å². The molecule has 0 aromatic heterocycles. The van der Waals surface area contributed by atoms with Crippen LogP contribution in [0.2, 0.25) is 0 Å². The number of aliphatic hydroxyl groups excluding tert-OH is 1. The molecule has 0 saturated carbocycles. The Hall–Kier alpha value is -2.08. The summed E-state index contributed by atoms with van der Waals surface area (Å²) in [5.41, 5.74) is 1.51. The summed E-state index contributed by atoms with van der Waals surface area (Å²) in [6.07, 6.45) is 0. The molecule has 2 N–H and O–H groups in total. The largest absolute Gasteiger partial charge is 0.508 e. The first-order chi connectivity index (χ1) is 11.9. The van der Waals surface area contributed by atoms with Crippen molar-refractivity contribution < 1.29 is 24.4 Å². The van der Waals surface area contributed by atoms with Crippen LogP contribution in [0.4, 0.5) is 0 Å². The highest BCUT2D eigenvalue weighted by Gasteiger charge is 2.40. The first-order valence-electron chi connectivity index (χ1n) is 8.33. The molecule has 2 aromatic carbocycles. The number of rotatable bonds is 5. The molecule has 0 bridgehead atoms. The van der Waals surface area contributed by atoms with Crippen LogP contribution in [-0.4, -0.2) is 42.4 Å². The molecule has 134 valence electrons. The maximum absolute atomic E-state index is 9.74. The van der Waals surface area contributed by atoms with E-state index in [-0.39, 0.29) is 12.4 Å². The second-order valence-electron chi connectivity index (χ2n) is 7.00. The predicted octanol–water partition coefficient (Wildman–Crippen LogP) is 3.20. The van der Waals surface area contributed by atoms with Crippen LogP contribution >= 0.6 is 0 Å². The van der Waals surface area contributed by atoms with Crippen LogP contribution in [0.15, 0.2) is 48.5 Å². The molecule has 0 unspecified atom stereocenters. The highest BCUT2D eigenvalue weighted by Crippen LogP contribution is 2.31. The Morgan fingerprint density at radius 3 is 1.96 bits per heavy atom. The van der Waals surface area contributed by atoms with E-state index in [0.29, 0.717) is 19.8 Å². The van der Waals surface area contributed by atoms with Crippen molar-refractivity contribution in [2.75, 3.05) is 26.4 Å². The molecule has 5 nitrogen and oxygen atoms in total. The lowest BCUT2D eigenvalue weighted by atomic mass is 9.91. The molecule has 1 saturated heterocycles. The van der Waals surface area contributed by atoms with Gasteiger partial charge < -0.3 is 24.4 Å². The fraction of sp³-hybridized carbons (Fsp3) is 0.400. The van der Waals surface area contributed by atoms with Gasteiger partial charge >= 0.3 is 0 Å². The third-order valence-corrected chi connectivity index (χ3v) is 4.39. The molecular formula is C20H24O5. The van der Waals surface area contributed by atoms with Gasteiger partial charge in [-0.2, -0.15) is 0 Å². The van der Waals surface area contributed by atoms with Crippen LogP contribution in [0.3, 0.4) is 0 Å². The van der Waals surface area contributed by atoms with Crippen LogP contribution < -0.4 is 4.74 Å². The summed E-state index contributed by atoms with van der Waals surface area (Å²) in [4.78, 5) is 0. The van der Waals surface area contributed by atoms with E-state index >= 15 is 0 Å². The smallest absolute Gasteiger partial charge is 0.162 e. The van der Waals surface area contributed by atoms with Crippen LogP contribution in [0.25, 0.3) is 11.1 Å². The van der Waals surface area contributed by atoms with Gasteiger partial charge in [-0.3, -0.25) is 0 Å². The number of hydrogen-bond acceptors (Lipinski definition) is 5. The van der Waals surface area contributed by atoms with Gasteiger partial charge in [0.2, 0.25) is 0 Å². The Morgan fingerprint density at radius 2 is 1.44 bits per heavy atom. The van der Waals surface area contributed by atoms with Gasteiger partial charge in [0.15, 0.2) is 5.79 Å². The normalized spacial score (nSPS) is 18.7. The summed E-state index contributed by atoms with van der Waals surface area (Å²) in [6, 6.07) is 14.8. The van der Waals surface area contributed by atoms with Crippen LogP contribution in [0.1, 0.15) is 13.8 Å². The van der Waals surface area contributed by atoms with Gasteiger partial charge in [-0.1, -0.05) is 24.3 Å². The summed E-state index contributed by atoms with van der Waals surface area (Å²) in [5.74, 6) is 0.350. The molecule has 0 aliphatic carbocycles. The fourth-order valence-corrected chi connectivity index (χ4v) is 2.59. The van der Waals surface area contributed by atoms with E-state index in [1.807, 2.05) is 50.2 Å². The van der Waals surface area contributed by atoms with Crippen LogP contribution in [0, 0.1) is 5.41 Å². The van der Waals surface area contributed by atoms with Crippen molar-refractivity contribution in [3.05, 3.63) is 48.5 Å². The highest BCUT2D eigenvalue weighted by atomic mass is 16.7. The Kier molecular flexibility index (Phi) is 4.99. The zero-order chi connectivity index (χ0) is 17.9. The third kappa shape index (κ3) is 4.31. The Labute approximate surface area is 147 Å². The lowest BCUT2D eigenvalue weighted by Crippen LogP contribution is -2.51. The average molecular weight is 344 g/mol. The van der Waals surface area contributed by atoms with Gasteiger partial charge in [-0.25, -0.2) is 0 Å². The van der Waals surface area contributed by atoms with Crippen LogP contribution in [-0.2, 0) is 9.47 Å². The molecule has 1 heterocycles. The zero-order valence-corrected chi connectivity index (χ0v) is 14.6. The SMILES string of the molecule is CC1(C)OCC(CO)(COc2ccc(-c3ccc(O)cc3)cc2)CO1. The summed E-state index contributed by atoms with van der Waals surface area (Å²) < 4.78 is 17.2. The quantitative estimate of drug-likeness (QED) is 0.872. The molecule has 0 spiro atoms. The number of phenols is 1. The van der Waals surface area contributed by atoms with Crippen molar-refractivity contribution >= 4 is 0 Å². The fourth-order valence-electron chi connectivity index (χ4n) is 2.59. The summed E-state index contributed by atoms with van der Waals surface area (Å²) in [5, 5.41) is 19.1. The lowest BCUT2D eigenvalue weighted by Gasteiger charge is -2.42. The minimum Gasteiger partial charge on any atom is -0.508 e. The van der Waals surface area contributed by atoms with Crippen molar-refractivity contribution in [3.63, 3.8) is 0 Å². The number of phenolic OH excluding ortho intramolecular Hbond substituents is 1. The van der Waals surface area contributed by atoms with Crippen molar-refractivity contribution in [3.8, 4) is 22.6 Å². The molecular weight excluding hydrogens is 320 g/mol.